The summed E-state index contributed by atoms with van der Waals surface area (Å²) in [7, 11) is 0. The molecule has 1 nitrogen and oxygen atoms in total. The maximum absolute atomic E-state index is 4.02. The van der Waals surface area contributed by atoms with E-state index in [2.05, 4.69) is 48.3 Å². The van der Waals surface area contributed by atoms with Gasteiger partial charge in [-0.05, 0) is 42.7 Å². The zero-order valence-electron chi connectivity index (χ0n) is 9.80. The van der Waals surface area contributed by atoms with E-state index >= 15 is 0 Å². The third-order valence-corrected chi connectivity index (χ3v) is 3.67. The van der Waals surface area contributed by atoms with Crippen molar-refractivity contribution in [2.24, 2.45) is 0 Å². The Kier molecular flexibility index (Phi) is 6.09. The van der Waals surface area contributed by atoms with Gasteiger partial charge < -0.3 is 0 Å². The maximum atomic E-state index is 4.02. The lowest BCUT2D eigenvalue weighted by molar-refractivity contribution is 1.13. The van der Waals surface area contributed by atoms with Crippen LogP contribution in [0.2, 0.25) is 0 Å². The molecule has 1 aromatic heterocycles. The van der Waals surface area contributed by atoms with Crippen LogP contribution in [0.25, 0.3) is 0 Å². The number of nitrogens with zero attached hydrogens (tertiary/aromatic N) is 1. The first kappa shape index (κ1) is 14.1. The number of halogens is 1. The van der Waals surface area contributed by atoms with E-state index in [0.717, 1.165) is 12.2 Å². The number of rotatable bonds is 4. The Bertz CT molecular complexity index is 445. The largest absolute Gasteiger partial charge is 0.265 e. The van der Waals surface area contributed by atoms with Gasteiger partial charge in [0.15, 0.2) is 0 Å². The van der Waals surface area contributed by atoms with E-state index in [1.165, 1.54) is 16.0 Å². The van der Waals surface area contributed by atoms with Gasteiger partial charge in [0.2, 0.25) is 0 Å². The zero-order chi connectivity index (χ0) is 11.2. The lowest BCUT2D eigenvalue weighted by atomic mass is 10.2. The van der Waals surface area contributed by atoms with Crippen molar-refractivity contribution in [1.82, 2.24) is 4.98 Å². The van der Waals surface area contributed by atoms with Crippen molar-refractivity contribution >= 4 is 24.2 Å². The topological polar surface area (TPSA) is 12.9 Å². The van der Waals surface area contributed by atoms with Crippen LogP contribution in [-0.4, -0.2) is 10.7 Å². The number of aryl methyl sites for hydroxylation is 2. The first-order valence-electron chi connectivity index (χ1n) is 5.43. The molecule has 90 valence electrons. The standard InChI is InChI=1S/C14H15NS.ClH/c1-12-4-2-3-5-14(12)16-11-8-13-6-9-15-10-7-13;/h2-7,9-10H,8,11H2,1H3;1H. The highest BCUT2D eigenvalue weighted by molar-refractivity contribution is 7.99. The molecule has 0 aliphatic carbocycles. The maximum Gasteiger partial charge on any atom is 0.0270 e. The van der Waals surface area contributed by atoms with Crippen molar-refractivity contribution < 1.29 is 0 Å². The van der Waals surface area contributed by atoms with Crippen LogP contribution >= 0.6 is 24.2 Å². The fourth-order valence-electron chi connectivity index (χ4n) is 1.55. The van der Waals surface area contributed by atoms with Crippen LogP contribution in [0.5, 0.6) is 0 Å². The predicted molar refractivity (Wildman–Crippen MR) is 77.1 cm³/mol. The molecule has 0 unspecified atom stereocenters. The Morgan fingerprint density at radius 3 is 2.47 bits per heavy atom. The molecule has 0 atom stereocenters. The highest BCUT2D eigenvalue weighted by atomic mass is 35.5. The molecule has 0 amide bonds. The molecule has 0 spiro atoms. The van der Waals surface area contributed by atoms with Crippen molar-refractivity contribution in [3.63, 3.8) is 0 Å². The van der Waals surface area contributed by atoms with Crippen LogP contribution in [0.15, 0.2) is 53.7 Å². The summed E-state index contributed by atoms with van der Waals surface area (Å²) in [5.74, 6) is 1.12. The molecular formula is C14H16ClNS. The van der Waals surface area contributed by atoms with Crippen molar-refractivity contribution in [2.45, 2.75) is 18.2 Å². The summed E-state index contributed by atoms with van der Waals surface area (Å²) >= 11 is 1.92. The second kappa shape index (κ2) is 7.36. The molecular weight excluding hydrogens is 250 g/mol. The monoisotopic (exact) mass is 265 g/mol. The number of thioether (sulfide) groups is 1. The van der Waals surface area contributed by atoms with Crippen LogP contribution in [0.1, 0.15) is 11.1 Å². The molecule has 2 rings (SSSR count). The van der Waals surface area contributed by atoms with E-state index in [1.807, 2.05) is 24.2 Å². The minimum absolute atomic E-state index is 0. The molecule has 17 heavy (non-hydrogen) atoms. The van der Waals surface area contributed by atoms with Crippen molar-refractivity contribution in [2.75, 3.05) is 5.75 Å². The lowest BCUT2D eigenvalue weighted by Crippen LogP contribution is -1.89. The van der Waals surface area contributed by atoms with Crippen molar-refractivity contribution in [3.05, 3.63) is 59.9 Å². The number of hydrogen-bond donors (Lipinski definition) is 0. The van der Waals surface area contributed by atoms with Crippen LogP contribution in [0.3, 0.4) is 0 Å². The Balaban J connectivity index is 0.00000144. The van der Waals surface area contributed by atoms with Crippen LogP contribution < -0.4 is 0 Å². The molecule has 0 saturated heterocycles. The van der Waals surface area contributed by atoms with E-state index in [9.17, 15) is 0 Å². The molecule has 0 fully saturated rings. The molecule has 1 aromatic carbocycles. The normalized spacial score (nSPS) is 9.71. The average Bonchev–Trinajstić information content (AvgIpc) is 2.33. The van der Waals surface area contributed by atoms with E-state index in [4.69, 9.17) is 0 Å². The fraction of sp³-hybridized carbons (Fsp3) is 0.214. The van der Waals surface area contributed by atoms with Gasteiger partial charge in [-0.25, -0.2) is 0 Å². The van der Waals surface area contributed by atoms with E-state index in [-0.39, 0.29) is 12.4 Å². The molecule has 0 aliphatic heterocycles. The van der Waals surface area contributed by atoms with Gasteiger partial charge in [0.25, 0.3) is 0 Å². The highest BCUT2D eigenvalue weighted by Crippen LogP contribution is 2.22. The number of hydrogen-bond acceptors (Lipinski definition) is 2. The van der Waals surface area contributed by atoms with Gasteiger partial charge in [-0.15, -0.1) is 24.2 Å². The predicted octanol–water partition coefficient (Wildman–Crippen LogP) is 4.15. The van der Waals surface area contributed by atoms with Gasteiger partial charge in [-0.2, -0.15) is 0 Å². The summed E-state index contributed by atoms with van der Waals surface area (Å²) in [5, 5.41) is 0. The van der Waals surface area contributed by atoms with E-state index in [1.54, 1.807) is 0 Å². The van der Waals surface area contributed by atoms with Crippen LogP contribution in [0.4, 0.5) is 0 Å². The summed E-state index contributed by atoms with van der Waals surface area (Å²) in [6, 6.07) is 12.7. The second-order valence-electron chi connectivity index (χ2n) is 3.72. The van der Waals surface area contributed by atoms with Gasteiger partial charge in [-0.1, -0.05) is 18.2 Å². The number of aromatic nitrogens is 1. The molecule has 0 radical (unpaired) electrons. The summed E-state index contributed by atoms with van der Waals surface area (Å²) in [4.78, 5) is 5.40. The molecule has 2 aromatic rings. The van der Waals surface area contributed by atoms with Gasteiger partial charge >= 0.3 is 0 Å². The second-order valence-corrected chi connectivity index (χ2v) is 4.86. The van der Waals surface area contributed by atoms with Crippen LogP contribution in [-0.2, 0) is 6.42 Å². The third kappa shape index (κ3) is 4.41. The summed E-state index contributed by atoms with van der Waals surface area (Å²) < 4.78 is 0. The van der Waals surface area contributed by atoms with Gasteiger partial charge in [0.05, 0.1) is 0 Å². The molecule has 0 N–H and O–H groups in total. The zero-order valence-corrected chi connectivity index (χ0v) is 11.4. The Morgan fingerprint density at radius 1 is 1.06 bits per heavy atom. The number of pyridine rings is 1. The van der Waals surface area contributed by atoms with E-state index in [0.29, 0.717) is 0 Å². The van der Waals surface area contributed by atoms with Gasteiger partial charge in [0, 0.05) is 23.0 Å². The summed E-state index contributed by atoms with van der Waals surface area (Å²) in [5.41, 5.74) is 2.72. The molecule has 1 heterocycles. The highest BCUT2D eigenvalue weighted by Gasteiger charge is 1.98. The molecule has 0 saturated carbocycles. The first-order valence-corrected chi connectivity index (χ1v) is 6.42. The SMILES string of the molecule is Cc1ccccc1SCCc1ccncc1.Cl. The fourth-order valence-corrected chi connectivity index (χ4v) is 2.57. The molecule has 3 heteroatoms. The smallest absolute Gasteiger partial charge is 0.0270 e. The van der Waals surface area contributed by atoms with Crippen LogP contribution in [0, 0.1) is 6.92 Å². The Labute approximate surface area is 113 Å². The number of benzene rings is 1. The Hall–Kier alpha value is -0.990. The molecule has 0 bridgehead atoms. The molecule has 0 aliphatic rings. The van der Waals surface area contributed by atoms with Crippen molar-refractivity contribution in [1.29, 1.82) is 0 Å². The van der Waals surface area contributed by atoms with E-state index < -0.39 is 0 Å². The average molecular weight is 266 g/mol. The quantitative estimate of drug-likeness (QED) is 0.771. The Morgan fingerprint density at radius 2 is 1.76 bits per heavy atom. The summed E-state index contributed by atoms with van der Waals surface area (Å²) in [6.45, 7) is 2.16. The van der Waals surface area contributed by atoms with Crippen molar-refractivity contribution in [3.8, 4) is 0 Å². The van der Waals surface area contributed by atoms with Gasteiger partial charge in [-0.3, -0.25) is 4.98 Å². The van der Waals surface area contributed by atoms with Gasteiger partial charge in [0.1, 0.15) is 0 Å². The lowest BCUT2D eigenvalue weighted by Gasteiger charge is -2.04. The minimum atomic E-state index is 0. The first-order chi connectivity index (χ1) is 7.86. The minimum Gasteiger partial charge on any atom is -0.265 e. The summed E-state index contributed by atoms with van der Waals surface area (Å²) in [6.07, 6.45) is 4.81. The third-order valence-electron chi connectivity index (χ3n) is 2.49.